The molecule has 9 aromatic carbocycles. The molecule has 0 aliphatic rings. The predicted octanol–water partition coefficient (Wildman–Crippen LogP) is 15.1. The predicted molar refractivity (Wildman–Crippen MR) is 227 cm³/mol. The van der Waals surface area contributed by atoms with E-state index >= 15 is 0 Å². The summed E-state index contributed by atoms with van der Waals surface area (Å²) in [6, 6.07) is 68.0. The molecule has 0 atom stereocenters. The number of fused-ring (bicyclic) bond motifs is 9. The van der Waals surface area contributed by atoms with Crippen LogP contribution in [0.4, 0.5) is 17.1 Å². The van der Waals surface area contributed by atoms with Gasteiger partial charge < -0.3 is 9.32 Å². The Morgan fingerprint density at radius 3 is 1.96 bits per heavy atom. The average molecular weight is 694 g/mol. The summed E-state index contributed by atoms with van der Waals surface area (Å²) >= 11 is 1.87. The minimum absolute atomic E-state index is 0.868. The Hall–Kier alpha value is -6.68. The lowest BCUT2D eigenvalue weighted by atomic mass is 9.92. The molecule has 11 rings (SSSR count). The van der Waals surface area contributed by atoms with Gasteiger partial charge in [-0.25, -0.2) is 0 Å². The van der Waals surface area contributed by atoms with E-state index in [1.54, 1.807) is 0 Å². The zero-order valence-corrected chi connectivity index (χ0v) is 29.5. The first-order valence-corrected chi connectivity index (χ1v) is 18.8. The van der Waals surface area contributed by atoms with E-state index < -0.39 is 0 Å². The summed E-state index contributed by atoms with van der Waals surface area (Å²) in [5.41, 5.74) is 9.69. The first kappa shape index (κ1) is 30.0. The minimum atomic E-state index is 0.868. The summed E-state index contributed by atoms with van der Waals surface area (Å²) in [4.78, 5) is 2.38. The van der Waals surface area contributed by atoms with Crippen molar-refractivity contribution in [1.29, 1.82) is 0 Å². The second-order valence-corrected chi connectivity index (χ2v) is 14.7. The van der Waals surface area contributed by atoms with Gasteiger partial charge in [0, 0.05) is 47.9 Å². The molecule has 0 radical (unpaired) electrons. The second-order valence-electron chi connectivity index (χ2n) is 13.7. The van der Waals surface area contributed by atoms with Crippen LogP contribution in [-0.4, -0.2) is 0 Å². The molecule has 2 nitrogen and oxygen atoms in total. The monoisotopic (exact) mass is 693 g/mol. The fourth-order valence-corrected chi connectivity index (χ4v) is 9.42. The zero-order chi connectivity index (χ0) is 34.9. The van der Waals surface area contributed by atoms with E-state index in [1.165, 1.54) is 64.0 Å². The van der Waals surface area contributed by atoms with Crippen molar-refractivity contribution in [2.45, 2.75) is 0 Å². The number of furan rings is 1. The third-order valence-electron chi connectivity index (χ3n) is 10.7. The molecule has 53 heavy (non-hydrogen) atoms. The molecule has 0 fully saturated rings. The molecule has 2 heterocycles. The summed E-state index contributed by atoms with van der Waals surface area (Å²) in [7, 11) is 0. The van der Waals surface area contributed by atoms with E-state index in [0.717, 1.165) is 39.0 Å². The average Bonchev–Trinajstić information content (AvgIpc) is 3.81. The zero-order valence-electron chi connectivity index (χ0n) is 28.7. The van der Waals surface area contributed by atoms with Crippen LogP contribution in [0.5, 0.6) is 0 Å². The van der Waals surface area contributed by atoms with Gasteiger partial charge in [0.15, 0.2) is 5.58 Å². The summed E-state index contributed by atoms with van der Waals surface area (Å²) in [5.74, 6) is 0. The maximum atomic E-state index is 6.71. The molecule has 0 spiro atoms. The van der Waals surface area contributed by atoms with Crippen LogP contribution >= 0.6 is 11.3 Å². The van der Waals surface area contributed by atoms with E-state index in [0.29, 0.717) is 0 Å². The van der Waals surface area contributed by atoms with Crippen molar-refractivity contribution in [3.05, 3.63) is 188 Å². The molecule has 0 saturated carbocycles. The summed E-state index contributed by atoms with van der Waals surface area (Å²) in [6.45, 7) is 0. The van der Waals surface area contributed by atoms with E-state index in [-0.39, 0.29) is 0 Å². The Morgan fingerprint density at radius 1 is 0.396 bits per heavy atom. The molecule has 0 saturated heterocycles. The molecule has 0 unspecified atom stereocenters. The second kappa shape index (κ2) is 11.9. The van der Waals surface area contributed by atoms with Gasteiger partial charge in [0.25, 0.3) is 0 Å². The largest absolute Gasteiger partial charge is 0.454 e. The molecule has 0 aliphatic carbocycles. The van der Waals surface area contributed by atoms with Gasteiger partial charge in [-0.05, 0) is 80.7 Å². The number of thiophene rings is 1. The SMILES string of the molecule is c1ccc(-c2cc(N(c3ccc4ccc5ccccc5c4c3)c3cccc4c3oc3ccccc34)ccc2-c2cccc3c2sc2ccccc23)cc1. The minimum Gasteiger partial charge on any atom is -0.454 e. The highest BCUT2D eigenvalue weighted by molar-refractivity contribution is 7.26. The number of benzene rings is 9. The molecule has 2 aromatic heterocycles. The maximum Gasteiger partial charge on any atom is 0.159 e. The summed E-state index contributed by atoms with van der Waals surface area (Å²) in [6.07, 6.45) is 0. The molecule has 0 aliphatic heterocycles. The van der Waals surface area contributed by atoms with Crippen LogP contribution in [0.3, 0.4) is 0 Å². The number of hydrogen-bond donors (Lipinski definition) is 0. The molecule has 248 valence electrons. The lowest BCUT2D eigenvalue weighted by Gasteiger charge is -2.27. The van der Waals surface area contributed by atoms with Gasteiger partial charge in [-0.3, -0.25) is 0 Å². The fourth-order valence-electron chi connectivity index (χ4n) is 8.19. The molecule has 11 aromatic rings. The highest BCUT2D eigenvalue weighted by Gasteiger charge is 2.22. The topological polar surface area (TPSA) is 16.4 Å². The normalized spacial score (nSPS) is 11.8. The number of anilines is 3. The van der Waals surface area contributed by atoms with Crippen LogP contribution in [-0.2, 0) is 0 Å². The van der Waals surface area contributed by atoms with Crippen LogP contribution in [0.1, 0.15) is 0 Å². The summed E-state index contributed by atoms with van der Waals surface area (Å²) in [5, 5.41) is 9.73. The summed E-state index contributed by atoms with van der Waals surface area (Å²) < 4.78 is 9.33. The van der Waals surface area contributed by atoms with Crippen LogP contribution < -0.4 is 4.90 Å². The van der Waals surface area contributed by atoms with Gasteiger partial charge in [0.2, 0.25) is 0 Å². The van der Waals surface area contributed by atoms with Crippen molar-refractivity contribution in [1.82, 2.24) is 0 Å². The van der Waals surface area contributed by atoms with Crippen molar-refractivity contribution in [2.24, 2.45) is 0 Å². The molecular formula is C50H31NOS. The van der Waals surface area contributed by atoms with Crippen molar-refractivity contribution in [3.63, 3.8) is 0 Å². The number of nitrogens with zero attached hydrogens (tertiary/aromatic N) is 1. The lowest BCUT2D eigenvalue weighted by Crippen LogP contribution is -2.10. The Bertz CT molecular complexity index is 3190. The lowest BCUT2D eigenvalue weighted by molar-refractivity contribution is 0.669. The van der Waals surface area contributed by atoms with E-state index in [1.807, 2.05) is 17.4 Å². The van der Waals surface area contributed by atoms with Gasteiger partial charge in [0.1, 0.15) is 5.58 Å². The molecular weight excluding hydrogens is 663 g/mol. The van der Waals surface area contributed by atoms with Gasteiger partial charge in [0.05, 0.1) is 5.69 Å². The van der Waals surface area contributed by atoms with Crippen LogP contribution in [0.2, 0.25) is 0 Å². The molecule has 0 amide bonds. The number of para-hydroxylation sites is 2. The van der Waals surface area contributed by atoms with Crippen LogP contribution in [0, 0.1) is 0 Å². The highest BCUT2D eigenvalue weighted by Crippen LogP contribution is 2.47. The van der Waals surface area contributed by atoms with Crippen molar-refractivity contribution >= 4 is 92.1 Å². The van der Waals surface area contributed by atoms with Crippen molar-refractivity contribution in [3.8, 4) is 22.3 Å². The van der Waals surface area contributed by atoms with Gasteiger partial charge in [-0.2, -0.15) is 0 Å². The standard InChI is InChI=1S/C50H31NOS/c1-2-12-32(13-3-1)45-31-36(28-29-38(45)42-19-10-20-43-40-17-7-9-23-48(40)53-50(42)43)51(46-21-11-18-41-39-16-6-8-22-47(39)52-49(41)46)35-27-26-34-25-24-33-14-4-5-15-37(33)44(34)30-35/h1-31H. The van der Waals surface area contributed by atoms with E-state index in [4.69, 9.17) is 4.42 Å². The molecule has 3 heteroatoms. The first-order valence-electron chi connectivity index (χ1n) is 18.0. The van der Waals surface area contributed by atoms with E-state index in [2.05, 4.69) is 187 Å². The number of rotatable bonds is 5. The Kier molecular flexibility index (Phi) is 6.76. The third kappa shape index (κ3) is 4.78. The smallest absolute Gasteiger partial charge is 0.159 e. The van der Waals surface area contributed by atoms with Crippen molar-refractivity contribution < 1.29 is 4.42 Å². The van der Waals surface area contributed by atoms with Gasteiger partial charge in [-0.1, -0.05) is 146 Å². The highest BCUT2D eigenvalue weighted by atomic mass is 32.1. The van der Waals surface area contributed by atoms with E-state index in [9.17, 15) is 0 Å². The maximum absolute atomic E-state index is 6.71. The Labute approximate surface area is 310 Å². The quantitative estimate of drug-likeness (QED) is 0.167. The first-order chi connectivity index (χ1) is 26.3. The molecule has 0 N–H and O–H groups in total. The fraction of sp³-hybridized carbons (Fsp3) is 0. The molecule has 0 bridgehead atoms. The van der Waals surface area contributed by atoms with Crippen LogP contribution in [0.15, 0.2) is 192 Å². The Morgan fingerprint density at radius 2 is 1.06 bits per heavy atom. The van der Waals surface area contributed by atoms with Crippen molar-refractivity contribution in [2.75, 3.05) is 4.90 Å². The third-order valence-corrected chi connectivity index (χ3v) is 11.9. The Balaban J connectivity index is 1.20. The number of hydrogen-bond acceptors (Lipinski definition) is 3. The van der Waals surface area contributed by atoms with Gasteiger partial charge in [-0.15, -0.1) is 11.3 Å². The van der Waals surface area contributed by atoms with Crippen LogP contribution in [0.25, 0.3) is 85.9 Å². The van der Waals surface area contributed by atoms with Gasteiger partial charge >= 0.3 is 0 Å².